The van der Waals surface area contributed by atoms with Crippen molar-refractivity contribution in [2.45, 2.75) is 15.7 Å². The Bertz CT molecular complexity index is 857. The molecule has 0 aliphatic heterocycles. The zero-order valence-corrected chi connectivity index (χ0v) is 11.9. The molecule has 0 saturated heterocycles. The van der Waals surface area contributed by atoms with Crippen molar-refractivity contribution >= 4 is 32.5 Å². The van der Waals surface area contributed by atoms with Gasteiger partial charge in [-0.3, -0.25) is 0 Å². The summed E-state index contributed by atoms with van der Waals surface area (Å²) in [7, 11) is -3.62. The molecule has 0 bridgehead atoms. The van der Waals surface area contributed by atoms with Crippen LogP contribution in [0.5, 0.6) is 0 Å². The zero-order valence-electron chi connectivity index (χ0n) is 10.4. The van der Waals surface area contributed by atoms with E-state index in [-0.39, 0.29) is 15.7 Å². The van der Waals surface area contributed by atoms with Crippen molar-refractivity contribution in [3.63, 3.8) is 0 Å². The van der Waals surface area contributed by atoms with Crippen LogP contribution in [-0.2, 0) is 15.7 Å². The van der Waals surface area contributed by atoms with E-state index in [1.165, 1.54) is 6.20 Å². The van der Waals surface area contributed by atoms with Gasteiger partial charge in [-0.05, 0) is 18.2 Å². The Balaban J connectivity index is 2.36. The second kappa shape index (κ2) is 4.92. The number of sulfone groups is 1. The van der Waals surface area contributed by atoms with Crippen LogP contribution in [0.3, 0.4) is 0 Å². The number of aromatic amines is 1. The highest BCUT2D eigenvalue weighted by Crippen LogP contribution is 2.30. The van der Waals surface area contributed by atoms with Gasteiger partial charge in [0.2, 0.25) is 9.84 Å². The van der Waals surface area contributed by atoms with Crippen molar-refractivity contribution in [2.75, 3.05) is 0 Å². The Morgan fingerprint density at radius 3 is 2.60 bits per heavy atom. The highest BCUT2D eigenvalue weighted by atomic mass is 35.5. The molecule has 20 heavy (non-hydrogen) atoms. The first-order valence-electron chi connectivity index (χ1n) is 5.95. The summed E-state index contributed by atoms with van der Waals surface area (Å²) in [5, 5.41) is 0.562. The molecular formula is C14H11ClN2O2S. The van der Waals surface area contributed by atoms with E-state index >= 15 is 0 Å². The van der Waals surface area contributed by atoms with Crippen molar-refractivity contribution in [2.24, 2.45) is 0 Å². The van der Waals surface area contributed by atoms with Gasteiger partial charge in [-0.25, -0.2) is 13.4 Å². The number of alkyl halides is 1. The van der Waals surface area contributed by atoms with Crippen LogP contribution < -0.4 is 0 Å². The maximum absolute atomic E-state index is 12.8. The van der Waals surface area contributed by atoms with Crippen LogP contribution in [0.25, 0.3) is 11.0 Å². The fourth-order valence-corrected chi connectivity index (χ4v) is 4.11. The van der Waals surface area contributed by atoms with Gasteiger partial charge in [0, 0.05) is 23.3 Å². The molecule has 0 radical (unpaired) electrons. The quantitative estimate of drug-likeness (QED) is 0.756. The molecular weight excluding hydrogens is 296 g/mol. The molecule has 2 heterocycles. The standard InChI is InChI=1S/C14H11ClN2O2S/c15-8-10-9-17-14-12(6-7-16-14)13(10)20(18,19)11-4-2-1-3-5-11/h1-7,9H,8H2,(H,16,17). The SMILES string of the molecule is O=S(=O)(c1ccccc1)c1c(CCl)cnc2[nH]ccc12. The van der Waals surface area contributed by atoms with Crippen molar-refractivity contribution in [1.82, 2.24) is 9.97 Å². The van der Waals surface area contributed by atoms with Gasteiger partial charge in [-0.1, -0.05) is 18.2 Å². The van der Waals surface area contributed by atoms with Crippen molar-refractivity contribution < 1.29 is 8.42 Å². The third kappa shape index (κ3) is 1.99. The number of hydrogen-bond acceptors (Lipinski definition) is 3. The largest absolute Gasteiger partial charge is 0.346 e. The summed E-state index contributed by atoms with van der Waals surface area (Å²) < 4.78 is 25.7. The average Bonchev–Trinajstić information content (AvgIpc) is 2.95. The molecule has 0 aliphatic rings. The predicted octanol–water partition coefficient (Wildman–Crippen LogP) is 3.13. The van der Waals surface area contributed by atoms with Gasteiger partial charge < -0.3 is 4.98 Å². The molecule has 1 N–H and O–H groups in total. The monoisotopic (exact) mass is 306 g/mol. The molecule has 0 atom stereocenters. The summed E-state index contributed by atoms with van der Waals surface area (Å²) in [6.45, 7) is 0. The Kier molecular flexibility index (Phi) is 3.23. The summed E-state index contributed by atoms with van der Waals surface area (Å²) in [6, 6.07) is 10.0. The summed E-state index contributed by atoms with van der Waals surface area (Å²) in [5.41, 5.74) is 1.04. The lowest BCUT2D eigenvalue weighted by Crippen LogP contribution is -2.06. The number of pyridine rings is 1. The van der Waals surface area contributed by atoms with Gasteiger partial charge in [0.05, 0.1) is 15.7 Å². The summed E-state index contributed by atoms with van der Waals surface area (Å²) in [6.07, 6.45) is 3.17. The fourth-order valence-electron chi connectivity index (χ4n) is 2.15. The topological polar surface area (TPSA) is 62.8 Å². The highest BCUT2D eigenvalue weighted by molar-refractivity contribution is 7.91. The molecule has 6 heteroatoms. The van der Waals surface area contributed by atoms with Gasteiger partial charge in [0.15, 0.2) is 0 Å². The van der Waals surface area contributed by atoms with Crippen LogP contribution in [0.4, 0.5) is 0 Å². The molecule has 3 rings (SSSR count). The molecule has 0 fully saturated rings. The second-order valence-corrected chi connectivity index (χ2v) is 6.46. The molecule has 0 unspecified atom stereocenters. The van der Waals surface area contributed by atoms with Crippen LogP contribution in [0.2, 0.25) is 0 Å². The molecule has 4 nitrogen and oxygen atoms in total. The minimum Gasteiger partial charge on any atom is -0.346 e. The third-order valence-electron chi connectivity index (χ3n) is 3.08. The van der Waals surface area contributed by atoms with Gasteiger partial charge in [-0.2, -0.15) is 0 Å². The molecule has 0 spiro atoms. The molecule has 0 saturated carbocycles. The Morgan fingerprint density at radius 2 is 1.90 bits per heavy atom. The Hall–Kier alpha value is -1.85. The normalized spacial score (nSPS) is 11.8. The van der Waals surface area contributed by atoms with E-state index in [1.807, 2.05) is 0 Å². The van der Waals surface area contributed by atoms with Crippen LogP contribution in [0.15, 0.2) is 58.6 Å². The number of fused-ring (bicyclic) bond motifs is 1. The number of nitrogens with zero attached hydrogens (tertiary/aromatic N) is 1. The first-order chi connectivity index (χ1) is 9.64. The molecule has 0 aliphatic carbocycles. The van der Waals surface area contributed by atoms with E-state index in [9.17, 15) is 8.42 Å². The average molecular weight is 307 g/mol. The number of halogens is 1. The number of benzene rings is 1. The van der Waals surface area contributed by atoms with Crippen molar-refractivity contribution in [3.8, 4) is 0 Å². The van der Waals surface area contributed by atoms with E-state index in [0.717, 1.165) is 0 Å². The first kappa shape index (κ1) is 13.1. The van der Waals surface area contributed by atoms with Gasteiger partial charge >= 0.3 is 0 Å². The van der Waals surface area contributed by atoms with E-state index in [1.54, 1.807) is 42.6 Å². The molecule has 3 aromatic rings. The van der Waals surface area contributed by atoms with Gasteiger partial charge in [0.25, 0.3) is 0 Å². The number of aromatic nitrogens is 2. The van der Waals surface area contributed by atoms with E-state index in [0.29, 0.717) is 16.6 Å². The fraction of sp³-hybridized carbons (Fsp3) is 0.0714. The Labute approximate surface area is 121 Å². The van der Waals surface area contributed by atoms with Crippen LogP contribution >= 0.6 is 11.6 Å². The highest BCUT2D eigenvalue weighted by Gasteiger charge is 2.24. The van der Waals surface area contributed by atoms with Crippen molar-refractivity contribution in [3.05, 3.63) is 54.4 Å². The van der Waals surface area contributed by atoms with Gasteiger partial charge in [0.1, 0.15) is 5.65 Å². The lowest BCUT2D eigenvalue weighted by Gasteiger charge is -2.10. The second-order valence-electron chi connectivity index (χ2n) is 4.30. The third-order valence-corrected chi connectivity index (χ3v) is 5.28. The van der Waals surface area contributed by atoms with Crippen LogP contribution in [0.1, 0.15) is 5.56 Å². The molecule has 0 amide bonds. The maximum atomic E-state index is 12.8. The Morgan fingerprint density at radius 1 is 1.15 bits per heavy atom. The summed E-state index contributed by atoms with van der Waals surface area (Å²) in [4.78, 5) is 7.57. The minimum atomic E-state index is -3.62. The van der Waals surface area contributed by atoms with E-state index < -0.39 is 9.84 Å². The number of rotatable bonds is 3. The van der Waals surface area contributed by atoms with Crippen LogP contribution in [0, 0.1) is 0 Å². The predicted molar refractivity (Wildman–Crippen MR) is 77.5 cm³/mol. The number of H-pyrrole nitrogens is 1. The lowest BCUT2D eigenvalue weighted by molar-refractivity contribution is 0.596. The molecule has 102 valence electrons. The molecule has 1 aromatic carbocycles. The van der Waals surface area contributed by atoms with E-state index in [4.69, 9.17) is 11.6 Å². The van der Waals surface area contributed by atoms with Crippen molar-refractivity contribution in [1.29, 1.82) is 0 Å². The smallest absolute Gasteiger partial charge is 0.207 e. The van der Waals surface area contributed by atoms with E-state index in [2.05, 4.69) is 9.97 Å². The molecule has 2 aromatic heterocycles. The first-order valence-corrected chi connectivity index (χ1v) is 7.97. The lowest BCUT2D eigenvalue weighted by atomic mass is 10.2. The minimum absolute atomic E-state index is 0.0928. The number of nitrogens with one attached hydrogen (secondary N) is 1. The summed E-state index contributed by atoms with van der Waals surface area (Å²) in [5.74, 6) is 0.0928. The zero-order chi connectivity index (χ0) is 14.2. The van der Waals surface area contributed by atoms with Crippen LogP contribution in [-0.4, -0.2) is 18.4 Å². The van der Waals surface area contributed by atoms with Gasteiger partial charge in [-0.15, -0.1) is 11.6 Å². The maximum Gasteiger partial charge on any atom is 0.207 e. The number of hydrogen-bond donors (Lipinski definition) is 1. The summed E-state index contributed by atoms with van der Waals surface area (Å²) >= 11 is 5.88.